The van der Waals surface area contributed by atoms with Crippen molar-refractivity contribution < 1.29 is 0 Å². The number of benzene rings is 2. The summed E-state index contributed by atoms with van der Waals surface area (Å²) in [6, 6.07) is 12.9. The molecule has 0 nitrogen and oxygen atoms in total. The van der Waals surface area contributed by atoms with Gasteiger partial charge in [0.05, 0.1) is 0 Å². The summed E-state index contributed by atoms with van der Waals surface area (Å²) in [5.41, 5.74) is 3.32. The largest absolute Gasteiger partial charge is 0.345 e. The van der Waals surface area contributed by atoms with Crippen LogP contribution in [0, 0.1) is 0 Å². The summed E-state index contributed by atoms with van der Waals surface area (Å²) >= 11 is 38.4. The van der Waals surface area contributed by atoms with Gasteiger partial charge in [0.15, 0.2) is 0 Å². The number of halogens is 6. The normalized spacial score (nSPS) is 24.0. The summed E-state index contributed by atoms with van der Waals surface area (Å²) < 4.78 is 0. The Morgan fingerprint density at radius 2 is 1.25 bits per heavy atom. The first kappa shape index (κ1) is 19.4. The fraction of sp³-hybridized carbons (Fsp3) is 0.250. The van der Waals surface area contributed by atoms with Gasteiger partial charge in [0.25, 0.3) is 0 Å². The molecule has 0 saturated carbocycles. The molecule has 0 amide bonds. The Morgan fingerprint density at radius 3 is 1.79 bits per heavy atom. The van der Waals surface area contributed by atoms with Crippen molar-refractivity contribution in [2.24, 2.45) is 0 Å². The number of hydrogen-bond donors (Lipinski definition) is 0. The highest BCUT2D eigenvalue weighted by Gasteiger charge is 2.54. The van der Waals surface area contributed by atoms with Crippen LogP contribution in [0.2, 0.25) is 11.6 Å². The Hall–Kier alpha value is 0.614. The third kappa shape index (κ3) is 4.12. The molecule has 0 fully saturated rings. The first-order valence-corrected chi connectivity index (χ1v) is 17.8. The summed E-state index contributed by atoms with van der Waals surface area (Å²) in [7, 11) is 0. The van der Waals surface area contributed by atoms with Crippen LogP contribution in [0.25, 0.3) is 0 Å². The van der Waals surface area contributed by atoms with Crippen LogP contribution >= 0.6 is 66.5 Å². The third-order valence-electron chi connectivity index (χ3n) is 4.51. The predicted octanol–water partition coefficient (Wildman–Crippen LogP) is 7.60. The molecular weight excluding hydrogens is 461 g/mol. The Morgan fingerprint density at radius 1 is 0.708 bits per heavy atom. The van der Waals surface area contributed by atoms with E-state index in [1.807, 2.05) is 30.3 Å². The van der Waals surface area contributed by atoms with Crippen LogP contribution < -0.4 is 0 Å². The summed E-state index contributed by atoms with van der Waals surface area (Å²) in [6.07, 6.45) is 0. The van der Waals surface area contributed by atoms with Gasteiger partial charge in [-0.1, -0.05) is 54.6 Å². The van der Waals surface area contributed by atoms with E-state index < -0.39 is 12.0 Å². The standard InChI is InChI=1S/C16H14Cl6Si2/c17-23(18,19)10-14-12-8-4-5-9-13(12)15(16(14)24(20,21)22)11-6-2-1-3-7-11/h1-9,14-16H,10H2/t14-,15-,16-/m1/s1. The van der Waals surface area contributed by atoms with E-state index in [0.717, 1.165) is 11.1 Å². The summed E-state index contributed by atoms with van der Waals surface area (Å²) in [6.45, 7) is 0. The Labute approximate surface area is 172 Å². The lowest BCUT2D eigenvalue weighted by Gasteiger charge is -2.31. The second-order valence-corrected chi connectivity index (χ2v) is 24.1. The van der Waals surface area contributed by atoms with Gasteiger partial charge in [0.1, 0.15) is 0 Å². The van der Waals surface area contributed by atoms with Crippen LogP contribution in [0.5, 0.6) is 0 Å². The average Bonchev–Trinajstić information content (AvgIpc) is 2.81. The highest BCUT2D eigenvalue weighted by molar-refractivity contribution is 7.66. The van der Waals surface area contributed by atoms with E-state index in [1.165, 1.54) is 5.56 Å². The maximum Gasteiger partial charge on any atom is 0.345 e. The minimum Gasteiger partial charge on any atom is -0.126 e. The van der Waals surface area contributed by atoms with Crippen LogP contribution in [0.15, 0.2) is 54.6 Å². The maximum atomic E-state index is 6.55. The molecule has 0 aromatic heterocycles. The molecule has 2 aromatic carbocycles. The van der Waals surface area contributed by atoms with Crippen molar-refractivity contribution in [3.8, 4) is 0 Å². The molecule has 24 heavy (non-hydrogen) atoms. The molecule has 1 aliphatic rings. The number of fused-ring (bicyclic) bond motifs is 1. The summed E-state index contributed by atoms with van der Waals surface area (Å²) in [4.78, 5) is 0. The van der Waals surface area contributed by atoms with Crippen molar-refractivity contribution in [2.45, 2.75) is 23.4 Å². The molecule has 0 spiro atoms. The zero-order valence-electron chi connectivity index (χ0n) is 12.4. The van der Waals surface area contributed by atoms with Crippen molar-refractivity contribution in [3.05, 3.63) is 71.3 Å². The van der Waals surface area contributed by atoms with E-state index in [-0.39, 0.29) is 17.4 Å². The van der Waals surface area contributed by atoms with Gasteiger partial charge >= 0.3 is 12.0 Å². The van der Waals surface area contributed by atoms with Gasteiger partial charge in [0, 0.05) is 11.5 Å². The fourth-order valence-electron chi connectivity index (χ4n) is 3.70. The molecule has 3 rings (SSSR count). The van der Waals surface area contributed by atoms with Crippen molar-refractivity contribution in [1.29, 1.82) is 0 Å². The van der Waals surface area contributed by atoms with E-state index in [4.69, 9.17) is 66.5 Å². The third-order valence-corrected chi connectivity index (χ3v) is 10.6. The van der Waals surface area contributed by atoms with Gasteiger partial charge in [-0.3, -0.25) is 0 Å². The molecule has 0 bridgehead atoms. The van der Waals surface area contributed by atoms with Crippen molar-refractivity contribution in [1.82, 2.24) is 0 Å². The second kappa shape index (κ2) is 7.32. The molecule has 2 aromatic rings. The Kier molecular flexibility index (Phi) is 5.91. The molecular formula is C16H14Cl6Si2. The highest BCUT2D eigenvalue weighted by atomic mass is 35.8. The predicted molar refractivity (Wildman–Crippen MR) is 113 cm³/mol. The smallest absolute Gasteiger partial charge is 0.126 e. The SMILES string of the molecule is Cl[Si](Cl)(Cl)C[C@@H]1c2ccccc2[C@@H](c2ccccc2)[C@@H]1[Si](Cl)(Cl)Cl. The molecule has 3 atom stereocenters. The van der Waals surface area contributed by atoms with Crippen molar-refractivity contribution >= 4 is 78.5 Å². The van der Waals surface area contributed by atoms with Crippen LogP contribution in [0.3, 0.4) is 0 Å². The summed E-state index contributed by atoms with van der Waals surface area (Å²) in [5.74, 6) is -0.0161. The lowest BCUT2D eigenvalue weighted by atomic mass is 9.92. The van der Waals surface area contributed by atoms with Crippen LogP contribution in [-0.4, -0.2) is 12.0 Å². The zero-order chi connectivity index (χ0) is 17.5. The number of rotatable bonds is 4. The minimum atomic E-state index is -3.07. The lowest BCUT2D eigenvalue weighted by molar-refractivity contribution is 0.674. The highest BCUT2D eigenvalue weighted by Crippen LogP contribution is 2.62. The minimum absolute atomic E-state index is 0.0212. The monoisotopic (exact) mass is 472 g/mol. The van der Waals surface area contributed by atoms with E-state index >= 15 is 0 Å². The molecule has 0 unspecified atom stereocenters. The van der Waals surface area contributed by atoms with Gasteiger partial charge in [-0.15, -0.1) is 66.5 Å². The zero-order valence-corrected chi connectivity index (χ0v) is 18.9. The summed E-state index contributed by atoms with van der Waals surface area (Å²) in [5, 5.41) is 0. The average molecular weight is 475 g/mol. The maximum absolute atomic E-state index is 6.55. The molecule has 0 heterocycles. The van der Waals surface area contributed by atoms with Gasteiger partial charge < -0.3 is 0 Å². The van der Waals surface area contributed by atoms with Gasteiger partial charge in [-0.25, -0.2) is 0 Å². The van der Waals surface area contributed by atoms with E-state index in [9.17, 15) is 0 Å². The second-order valence-electron chi connectivity index (χ2n) is 6.01. The van der Waals surface area contributed by atoms with Gasteiger partial charge in [-0.05, 0) is 28.7 Å². The Bertz CT molecular complexity index is 710. The van der Waals surface area contributed by atoms with Crippen LogP contribution in [0.1, 0.15) is 28.5 Å². The Balaban J connectivity index is 2.16. The quantitative estimate of drug-likeness (QED) is 0.316. The molecule has 128 valence electrons. The van der Waals surface area contributed by atoms with E-state index in [1.54, 1.807) is 0 Å². The molecule has 8 heteroatoms. The molecule has 0 radical (unpaired) electrons. The van der Waals surface area contributed by atoms with E-state index in [2.05, 4.69) is 24.3 Å². The van der Waals surface area contributed by atoms with Gasteiger partial charge in [0.2, 0.25) is 0 Å². The lowest BCUT2D eigenvalue weighted by Crippen LogP contribution is -2.29. The van der Waals surface area contributed by atoms with Crippen molar-refractivity contribution in [3.63, 3.8) is 0 Å². The fourth-order valence-corrected chi connectivity index (χ4v) is 10.4. The topological polar surface area (TPSA) is 0 Å². The molecule has 0 N–H and O–H groups in total. The van der Waals surface area contributed by atoms with Crippen LogP contribution in [0.4, 0.5) is 0 Å². The van der Waals surface area contributed by atoms with Gasteiger partial charge in [-0.2, -0.15) is 0 Å². The molecule has 0 saturated heterocycles. The molecule has 0 aliphatic heterocycles. The van der Waals surface area contributed by atoms with Crippen molar-refractivity contribution in [2.75, 3.05) is 0 Å². The molecule has 1 aliphatic carbocycles. The van der Waals surface area contributed by atoms with E-state index in [0.29, 0.717) is 6.04 Å². The van der Waals surface area contributed by atoms with Crippen LogP contribution in [-0.2, 0) is 0 Å². The first-order chi connectivity index (χ1) is 11.2. The number of hydrogen-bond acceptors (Lipinski definition) is 0. The first-order valence-electron chi connectivity index (χ1n) is 7.46.